The van der Waals surface area contributed by atoms with E-state index >= 15 is 0 Å². The summed E-state index contributed by atoms with van der Waals surface area (Å²) in [6.07, 6.45) is 0.455. The molecular weight excluding hydrogens is 396 g/mol. The lowest BCUT2D eigenvalue weighted by Gasteiger charge is -2.19. The quantitative estimate of drug-likeness (QED) is 0.661. The number of hydrogen-bond acceptors (Lipinski definition) is 7. The molecule has 2 heterocycles. The van der Waals surface area contributed by atoms with E-state index in [0.717, 1.165) is 0 Å². The van der Waals surface area contributed by atoms with Crippen molar-refractivity contribution in [1.29, 1.82) is 5.26 Å². The molecule has 1 aromatic heterocycles. The highest BCUT2D eigenvalue weighted by Gasteiger charge is 2.31. The Labute approximate surface area is 165 Å². The van der Waals surface area contributed by atoms with Crippen LogP contribution >= 0.6 is 0 Å². The zero-order valence-corrected chi connectivity index (χ0v) is 16.2. The monoisotopic (exact) mass is 412 g/mol. The van der Waals surface area contributed by atoms with Crippen molar-refractivity contribution < 1.29 is 23.0 Å². The van der Waals surface area contributed by atoms with Crippen molar-refractivity contribution in [2.45, 2.75) is 13.3 Å². The minimum absolute atomic E-state index is 0.00109. The van der Waals surface area contributed by atoms with Crippen LogP contribution in [-0.2, 0) is 10.0 Å². The van der Waals surface area contributed by atoms with E-state index in [9.17, 15) is 23.4 Å². The van der Waals surface area contributed by atoms with Gasteiger partial charge in [0.05, 0.1) is 22.4 Å². The van der Waals surface area contributed by atoms with Gasteiger partial charge in [0.25, 0.3) is 0 Å². The third kappa shape index (κ3) is 2.98. The molecule has 2 N–H and O–H groups in total. The fourth-order valence-electron chi connectivity index (χ4n) is 3.47. The van der Waals surface area contributed by atoms with Crippen LogP contribution in [0.2, 0.25) is 0 Å². The second-order valence-electron chi connectivity index (χ2n) is 6.86. The molecule has 0 aliphatic carbocycles. The zero-order chi connectivity index (χ0) is 20.9. The predicted octanol–water partition coefficient (Wildman–Crippen LogP) is 2.59. The number of anilines is 1. The molecule has 0 unspecified atom stereocenters. The van der Waals surface area contributed by atoms with Crippen LogP contribution in [0.4, 0.5) is 5.69 Å². The van der Waals surface area contributed by atoms with Crippen molar-refractivity contribution in [3.63, 3.8) is 0 Å². The second kappa shape index (κ2) is 6.53. The van der Waals surface area contributed by atoms with Gasteiger partial charge in [0, 0.05) is 12.1 Å². The van der Waals surface area contributed by atoms with E-state index in [2.05, 4.69) is 0 Å². The summed E-state index contributed by atoms with van der Waals surface area (Å²) in [5.74, 6) is -1.12. The largest absolute Gasteiger partial charge is 0.507 e. The highest BCUT2D eigenvalue weighted by atomic mass is 32.2. The highest BCUT2D eigenvalue weighted by molar-refractivity contribution is 7.93. The number of aromatic hydroxyl groups is 2. The summed E-state index contributed by atoms with van der Waals surface area (Å²) < 4.78 is 31.9. The lowest BCUT2D eigenvalue weighted by molar-refractivity contribution is 0.449. The summed E-state index contributed by atoms with van der Waals surface area (Å²) in [5.41, 5.74) is 0.336. The molecule has 0 radical (unpaired) electrons. The van der Waals surface area contributed by atoms with Gasteiger partial charge in [-0.05, 0) is 49.2 Å². The molecule has 148 valence electrons. The Morgan fingerprint density at radius 3 is 2.62 bits per heavy atom. The number of hydrogen-bond donors (Lipinski definition) is 2. The van der Waals surface area contributed by atoms with Crippen molar-refractivity contribution in [2.24, 2.45) is 0 Å². The second-order valence-corrected chi connectivity index (χ2v) is 8.87. The Bertz CT molecular complexity index is 1370. The SMILES string of the molecule is Cc1cc(N2CCCS2(=O)=O)c2oc(-c3ccc(O)c(C#N)c3)c(O)c(=O)c2c1. The van der Waals surface area contributed by atoms with Gasteiger partial charge in [-0.25, -0.2) is 8.42 Å². The molecule has 8 nitrogen and oxygen atoms in total. The van der Waals surface area contributed by atoms with E-state index in [-0.39, 0.29) is 51.6 Å². The van der Waals surface area contributed by atoms with Crippen molar-refractivity contribution in [2.75, 3.05) is 16.6 Å². The highest BCUT2D eigenvalue weighted by Crippen LogP contribution is 2.38. The van der Waals surface area contributed by atoms with Crippen molar-refractivity contribution in [1.82, 2.24) is 0 Å². The molecule has 1 fully saturated rings. The lowest BCUT2D eigenvalue weighted by Crippen LogP contribution is -2.25. The van der Waals surface area contributed by atoms with Gasteiger partial charge in [0.15, 0.2) is 11.3 Å². The van der Waals surface area contributed by atoms with E-state index in [0.29, 0.717) is 12.0 Å². The van der Waals surface area contributed by atoms with Crippen LogP contribution in [-0.4, -0.2) is 30.9 Å². The molecule has 0 atom stereocenters. The lowest BCUT2D eigenvalue weighted by atomic mass is 10.0. The normalized spacial score (nSPS) is 15.5. The maximum absolute atomic E-state index is 12.8. The fourth-order valence-corrected chi connectivity index (χ4v) is 5.03. The smallest absolute Gasteiger partial charge is 0.235 e. The first-order chi connectivity index (χ1) is 13.7. The Kier molecular flexibility index (Phi) is 4.24. The maximum Gasteiger partial charge on any atom is 0.235 e. The number of nitriles is 1. The van der Waals surface area contributed by atoms with Crippen LogP contribution in [0.3, 0.4) is 0 Å². The minimum Gasteiger partial charge on any atom is -0.507 e. The van der Waals surface area contributed by atoms with E-state index in [1.807, 2.05) is 6.07 Å². The zero-order valence-electron chi connectivity index (χ0n) is 15.3. The van der Waals surface area contributed by atoms with Crippen LogP contribution in [0.5, 0.6) is 11.5 Å². The van der Waals surface area contributed by atoms with Crippen LogP contribution in [0.1, 0.15) is 17.5 Å². The number of benzene rings is 2. The number of phenolic OH excluding ortho intramolecular Hbond substituents is 1. The molecule has 1 saturated heterocycles. The van der Waals surface area contributed by atoms with E-state index in [1.165, 1.54) is 28.6 Å². The number of phenols is 1. The van der Waals surface area contributed by atoms with Crippen molar-refractivity contribution >= 4 is 26.7 Å². The van der Waals surface area contributed by atoms with Crippen molar-refractivity contribution in [3.8, 4) is 28.9 Å². The topological polar surface area (TPSA) is 132 Å². The van der Waals surface area contributed by atoms with Gasteiger partial charge >= 0.3 is 0 Å². The van der Waals surface area contributed by atoms with Crippen LogP contribution in [0.25, 0.3) is 22.3 Å². The molecule has 0 bridgehead atoms. The van der Waals surface area contributed by atoms with Gasteiger partial charge in [0.1, 0.15) is 11.8 Å². The van der Waals surface area contributed by atoms with Crippen LogP contribution in [0, 0.1) is 18.3 Å². The summed E-state index contributed by atoms with van der Waals surface area (Å²) in [4.78, 5) is 12.8. The van der Waals surface area contributed by atoms with Crippen LogP contribution in [0.15, 0.2) is 39.5 Å². The first-order valence-corrected chi connectivity index (χ1v) is 10.4. The molecule has 29 heavy (non-hydrogen) atoms. The van der Waals surface area contributed by atoms with Crippen molar-refractivity contribution in [3.05, 3.63) is 51.7 Å². The maximum atomic E-state index is 12.8. The summed E-state index contributed by atoms with van der Waals surface area (Å²) in [7, 11) is -3.53. The van der Waals surface area contributed by atoms with Gasteiger partial charge in [0.2, 0.25) is 21.2 Å². The fraction of sp³-hybridized carbons (Fsp3) is 0.200. The van der Waals surface area contributed by atoms with Gasteiger partial charge in [-0.3, -0.25) is 9.10 Å². The first kappa shape index (κ1) is 18.8. The molecule has 3 aromatic rings. The predicted molar refractivity (Wildman–Crippen MR) is 106 cm³/mol. The number of nitrogens with zero attached hydrogens (tertiary/aromatic N) is 2. The minimum atomic E-state index is -3.53. The van der Waals surface area contributed by atoms with E-state index in [1.54, 1.807) is 13.0 Å². The first-order valence-electron chi connectivity index (χ1n) is 8.77. The van der Waals surface area contributed by atoms with Gasteiger partial charge in [-0.1, -0.05) is 0 Å². The Hall–Kier alpha value is -3.51. The number of aryl methyl sites for hydroxylation is 1. The summed E-state index contributed by atoms with van der Waals surface area (Å²) in [6.45, 7) is 1.98. The average Bonchev–Trinajstić information content (AvgIpc) is 3.04. The summed E-state index contributed by atoms with van der Waals surface area (Å²) in [5, 5.41) is 29.3. The molecular formula is C20H16N2O6S. The Morgan fingerprint density at radius 2 is 1.97 bits per heavy atom. The van der Waals surface area contributed by atoms with Gasteiger partial charge < -0.3 is 14.6 Å². The molecule has 1 aliphatic heterocycles. The molecule has 4 rings (SSSR count). The molecule has 1 aliphatic rings. The number of rotatable bonds is 2. The number of fused-ring (bicyclic) bond motifs is 1. The standard InChI is InChI=1S/C20H16N2O6S/c1-11-7-14-17(24)18(25)19(12-3-4-16(23)13(9-12)10-21)28-20(14)15(8-11)22-5-2-6-29(22,26)27/h3-4,7-9,23,25H,2,5-6H2,1H3. The van der Waals surface area contributed by atoms with E-state index in [4.69, 9.17) is 9.68 Å². The third-order valence-electron chi connectivity index (χ3n) is 4.84. The molecule has 2 aromatic carbocycles. The molecule has 0 amide bonds. The van der Waals surface area contributed by atoms with Crippen LogP contribution < -0.4 is 9.73 Å². The third-order valence-corrected chi connectivity index (χ3v) is 6.70. The average molecular weight is 412 g/mol. The molecule has 9 heteroatoms. The van der Waals surface area contributed by atoms with Gasteiger partial charge in [-0.2, -0.15) is 5.26 Å². The molecule has 0 saturated carbocycles. The Balaban J connectivity index is 2.06. The van der Waals surface area contributed by atoms with E-state index < -0.39 is 21.2 Å². The summed E-state index contributed by atoms with van der Waals surface area (Å²) in [6, 6.07) is 8.87. The number of sulfonamides is 1. The van der Waals surface area contributed by atoms with Gasteiger partial charge in [-0.15, -0.1) is 0 Å². The Morgan fingerprint density at radius 1 is 1.21 bits per heavy atom. The summed E-state index contributed by atoms with van der Waals surface area (Å²) >= 11 is 0. The molecule has 0 spiro atoms.